The van der Waals surface area contributed by atoms with E-state index in [2.05, 4.69) is 24.3 Å². The largest absolute Gasteiger partial charge is 0.452 e. The van der Waals surface area contributed by atoms with Gasteiger partial charge in [-0.25, -0.2) is 9.48 Å². The molecule has 1 aliphatic carbocycles. The van der Waals surface area contributed by atoms with E-state index in [-0.39, 0.29) is 29.3 Å². The van der Waals surface area contributed by atoms with Gasteiger partial charge >= 0.3 is 5.97 Å². The Hall–Kier alpha value is -2.34. The van der Waals surface area contributed by atoms with E-state index in [1.165, 1.54) is 11.1 Å². The quantitative estimate of drug-likeness (QED) is 0.767. The Morgan fingerprint density at radius 1 is 1.25 bits per heavy atom. The molecular weight excluding hydrogens is 378 g/mol. The molecule has 1 amide bonds. The Balaban J connectivity index is 1.62. The van der Waals surface area contributed by atoms with Gasteiger partial charge in [0.25, 0.3) is 5.91 Å². The summed E-state index contributed by atoms with van der Waals surface area (Å²) in [6.07, 6.45) is 3.25. The van der Waals surface area contributed by atoms with Crippen molar-refractivity contribution in [1.82, 2.24) is 15.1 Å². The first kappa shape index (κ1) is 20.4. The number of carbonyl (C=O) groups is 2. The number of nitrogens with one attached hydrogen (secondary N) is 1. The third kappa shape index (κ3) is 4.38. The lowest BCUT2D eigenvalue weighted by Crippen LogP contribution is -2.45. The van der Waals surface area contributed by atoms with Crippen LogP contribution in [0.1, 0.15) is 49.2 Å². The topological polar surface area (TPSA) is 73.2 Å². The summed E-state index contributed by atoms with van der Waals surface area (Å²) in [5, 5.41) is 7.49. The van der Waals surface area contributed by atoms with Crippen molar-refractivity contribution in [2.24, 2.45) is 11.8 Å². The standard InChI is InChI=1S/C21H26ClN3O3/c1-13-8-7-11-17(14(13)2)23-18(26)12-28-21(27)19-15(3)24-25(20(19)22)16-9-5-4-6-10-16/h4-6,9-10,13-14,17H,7-8,11-12H2,1-3H3,(H,23,26)/t13-,14-,17-/m0/s1. The number of amides is 1. The lowest BCUT2D eigenvalue weighted by molar-refractivity contribution is -0.125. The summed E-state index contributed by atoms with van der Waals surface area (Å²) < 4.78 is 6.70. The van der Waals surface area contributed by atoms with Gasteiger partial charge in [-0.2, -0.15) is 5.10 Å². The number of hydrogen-bond acceptors (Lipinski definition) is 4. The average molecular weight is 404 g/mol. The minimum atomic E-state index is -0.648. The molecule has 0 spiro atoms. The SMILES string of the molecule is Cc1nn(-c2ccccc2)c(Cl)c1C(=O)OCC(=O)N[C@H]1CCC[C@H](C)[C@@H]1C. The molecule has 0 unspecified atom stereocenters. The van der Waals surface area contributed by atoms with Gasteiger partial charge in [0.15, 0.2) is 6.61 Å². The maximum absolute atomic E-state index is 12.5. The predicted molar refractivity (Wildman–Crippen MR) is 108 cm³/mol. The highest BCUT2D eigenvalue weighted by Gasteiger charge is 2.29. The highest BCUT2D eigenvalue weighted by molar-refractivity contribution is 6.33. The fourth-order valence-electron chi connectivity index (χ4n) is 3.71. The van der Waals surface area contributed by atoms with Crippen molar-refractivity contribution in [1.29, 1.82) is 0 Å². The van der Waals surface area contributed by atoms with Gasteiger partial charge in [0.2, 0.25) is 0 Å². The zero-order chi connectivity index (χ0) is 20.3. The highest BCUT2D eigenvalue weighted by atomic mass is 35.5. The fourth-order valence-corrected chi connectivity index (χ4v) is 4.06. The monoisotopic (exact) mass is 403 g/mol. The summed E-state index contributed by atoms with van der Waals surface area (Å²) in [6.45, 7) is 5.72. The molecule has 2 aromatic rings. The number of para-hydroxylation sites is 1. The number of rotatable bonds is 5. The summed E-state index contributed by atoms with van der Waals surface area (Å²) in [6, 6.07) is 9.41. The van der Waals surface area contributed by atoms with Crippen molar-refractivity contribution >= 4 is 23.5 Å². The lowest BCUT2D eigenvalue weighted by atomic mass is 9.78. The van der Waals surface area contributed by atoms with E-state index in [1.807, 2.05) is 30.3 Å². The van der Waals surface area contributed by atoms with Crippen LogP contribution in [0.25, 0.3) is 5.69 Å². The summed E-state index contributed by atoms with van der Waals surface area (Å²) in [7, 11) is 0. The Bertz CT molecular complexity index is 850. The van der Waals surface area contributed by atoms with Crippen LogP contribution in [0.4, 0.5) is 0 Å². The average Bonchev–Trinajstić information content (AvgIpc) is 2.98. The van der Waals surface area contributed by atoms with Crippen LogP contribution in [-0.2, 0) is 9.53 Å². The van der Waals surface area contributed by atoms with Gasteiger partial charge in [-0.15, -0.1) is 0 Å². The molecule has 3 rings (SSSR count). The molecule has 1 aliphatic rings. The van der Waals surface area contributed by atoms with Gasteiger partial charge in [0.1, 0.15) is 10.7 Å². The number of aromatic nitrogens is 2. The van der Waals surface area contributed by atoms with E-state index in [0.717, 1.165) is 18.5 Å². The van der Waals surface area contributed by atoms with Gasteiger partial charge in [-0.3, -0.25) is 4.79 Å². The number of esters is 1. The van der Waals surface area contributed by atoms with Gasteiger partial charge in [0.05, 0.1) is 11.4 Å². The number of aryl methyl sites for hydroxylation is 1. The van der Waals surface area contributed by atoms with Crippen LogP contribution in [0, 0.1) is 18.8 Å². The summed E-state index contributed by atoms with van der Waals surface area (Å²) in [5.41, 5.74) is 1.37. The smallest absolute Gasteiger partial charge is 0.343 e. The second-order valence-electron chi connectivity index (χ2n) is 7.52. The van der Waals surface area contributed by atoms with E-state index in [0.29, 0.717) is 17.5 Å². The van der Waals surface area contributed by atoms with Crippen molar-refractivity contribution in [2.75, 3.05) is 6.61 Å². The number of nitrogens with zero attached hydrogens (tertiary/aromatic N) is 2. The molecule has 1 N–H and O–H groups in total. The van der Waals surface area contributed by atoms with Gasteiger partial charge in [-0.1, -0.05) is 56.5 Å². The van der Waals surface area contributed by atoms with Crippen LogP contribution in [0.2, 0.25) is 5.15 Å². The molecule has 1 aromatic carbocycles. The second kappa shape index (κ2) is 8.78. The van der Waals surface area contributed by atoms with E-state index in [4.69, 9.17) is 16.3 Å². The number of halogens is 1. The number of ether oxygens (including phenoxy) is 1. The molecule has 1 saturated carbocycles. The molecule has 0 bridgehead atoms. The summed E-state index contributed by atoms with van der Waals surface area (Å²) >= 11 is 6.36. The molecular formula is C21H26ClN3O3. The Labute approximate surface area is 170 Å². The fraction of sp³-hybridized carbons (Fsp3) is 0.476. The van der Waals surface area contributed by atoms with Crippen LogP contribution < -0.4 is 5.32 Å². The van der Waals surface area contributed by atoms with Crippen molar-refractivity contribution < 1.29 is 14.3 Å². The third-order valence-corrected chi connectivity index (χ3v) is 5.95. The second-order valence-corrected chi connectivity index (χ2v) is 7.87. The molecule has 0 saturated heterocycles. The molecule has 7 heteroatoms. The maximum Gasteiger partial charge on any atom is 0.343 e. The van der Waals surface area contributed by atoms with Crippen LogP contribution in [0.3, 0.4) is 0 Å². The van der Waals surface area contributed by atoms with E-state index in [9.17, 15) is 9.59 Å². The lowest BCUT2D eigenvalue weighted by Gasteiger charge is -2.34. The molecule has 1 fully saturated rings. The normalized spacial score (nSPS) is 21.9. The van der Waals surface area contributed by atoms with Gasteiger partial charge in [-0.05, 0) is 37.3 Å². The molecule has 150 valence electrons. The third-order valence-electron chi connectivity index (χ3n) is 5.60. The van der Waals surface area contributed by atoms with Crippen LogP contribution in [-0.4, -0.2) is 34.3 Å². The van der Waals surface area contributed by atoms with Gasteiger partial charge < -0.3 is 10.1 Å². The van der Waals surface area contributed by atoms with Crippen LogP contribution >= 0.6 is 11.6 Å². The Morgan fingerprint density at radius 3 is 2.68 bits per heavy atom. The van der Waals surface area contributed by atoms with Crippen molar-refractivity contribution in [3.8, 4) is 5.69 Å². The molecule has 0 radical (unpaired) electrons. The first-order valence-corrected chi connectivity index (χ1v) is 10.0. The minimum absolute atomic E-state index is 0.126. The molecule has 3 atom stereocenters. The molecule has 6 nitrogen and oxygen atoms in total. The van der Waals surface area contributed by atoms with Gasteiger partial charge in [0, 0.05) is 6.04 Å². The number of carbonyl (C=O) groups excluding carboxylic acids is 2. The first-order valence-electron chi connectivity index (χ1n) is 9.65. The number of benzene rings is 1. The van der Waals surface area contributed by atoms with E-state index in [1.54, 1.807) is 6.92 Å². The molecule has 1 aromatic heterocycles. The van der Waals surface area contributed by atoms with Crippen LogP contribution in [0.5, 0.6) is 0 Å². The maximum atomic E-state index is 12.5. The van der Waals surface area contributed by atoms with E-state index < -0.39 is 5.97 Å². The zero-order valence-corrected chi connectivity index (χ0v) is 17.2. The summed E-state index contributed by atoms with van der Waals surface area (Å²) in [5.74, 6) is 0.0505. The Kier molecular flexibility index (Phi) is 6.39. The predicted octanol–water partition coefficient (Wildman–Crippen LogP) is 3.93. The van der Waals surface area contributed by atoms with E-state index >= 15 is 0 Å². The van der Waals surface area contributed by atoms with Crippen molar-refractivity contribution in [2.45, 2.75) is 46.1 Å². The Morgan fingerprint density at radius 2 is 1.96 bits per heavy atom. The zero-order valence-electron chi connectivity index (χ0n) is 16.4. The van der Waals surface area contributed by atoms with Crippen LogP contribution in [0.15, 0.2) is 30.3 Å². The molecule has 28 heavy (non-hydrogen) atoms. The van der Waals surface area contributed by atoms with Crippen molar-refractivity contribution in [3.63, 3.8) is 0 Å². The molecule has 1 heterocycles. The molecule has 0 aliphatic heterocycles. The number of hydrogen-bond donors (Lipinski definition) is 1. The minimum Gasteiger partial charge on any atom is -0.452 e. The summed E-state index contributed by atoms with van der Waals surface area (Å²) in [4.78, 5) is 24.8. The van der Waals surface area contributed by atoms with Crippen molar-refractivity contribution in [3.05, 3.63) is 46.7 Å². The first-order chi connectivity index (χ1) is 13.4. The highest BCUT2D eigenvalue weighted by Crippen LogP contribution is 2.29.